The molecule has 7 rings (SSSR count). The number of ether oxygens (including phenoxy) is 2. The van der Waals surface area contributed by atoms with Crippen molar-refractivity contribution in [1.29, 1.82) is 0 Å². The molecule has 0 amide bonds. The maximum atomic E-state index is 13.0. The van der Waals surface area contributed by atoms with Gasteiger partial charge in [-0.1, -0.05) is 54.6 Å². The lowest BCUT2D eigenvalue weighted by molar-refractivity contribution is 0.0320. The summed E-state index contributed by atoms with van der Waals surface area (Å²) in [5.74, 6) is -0.0761. The standard InChI is InChI=1S/C36H40N4O5/c1-38-30-23-44-20-5-4-19-40-34-26(13-7-14-28(34)33(30)29(37-38)22-39-18-8-17-32(39)41)27(35(40)36(42)43)15-9-21-45-31-16-6-11-24-10-2-3-12-25(24)31/h2-3,6-7,10-14,16,32,41H,4-5,8-9,15,17-23H2,1H3,(H,42,43). The van der Waals surface area contributed by atoms with Gasteiger partial charge in [0.05, 0.1) is 30.1 Å². The second-order valence-electron chi connectivity index (χ2n) is 12.2. The Labute approximate surface area is 262 Å². The minimum absolute atomic E-state index is 0.352. The van der Waals surface area contributed by atoms with Gasteiger partial charge in [0.15, 0.2) is 0 Å². The third-order valence-corrected chi connectivity index (χ3v) is 9.32. The summed E-state index contributed by atoms with van der Waals surface area (Å²) >= 11 is 0. The molecule has 2 aliphatic rings. The Balaban J connectivity index is 1.29. The van der Waals surface area contributed by atoms with Crippen molar-refractivity contribution in [3.63, 3.8) is 0 Å². The highest BCUT2D eigenvalue weighted by Gasteiger charge is 2.30. The zero-order valence-electron chi connectivity index (χ0n) is 25.7. The molecule has 2 aliphatic heterocycles. The summed E-state index contributed by atoms with van der Waals surface area (Å²) in [5, 5.41) is 29.3. The van der Waals surface area contributed by atoms with Crippen LogP contribution in [0.5, 0.6) is 5.75 Å². The van der Waals surface area contributed by atoms with E-state index in [1.165, 1.54) is 0 Å². The molecule has 0 bridgehead atoms. The van der Waals surface area contributed by atoms with E-state index in [1.807, 2.05) is 46.6 Å². The number of aryl methyl sites for hydroxylation is 3. The first kappa shape index (κ1) is 29.5. The van der Waals surface area contributed by atoms with Crippen LogP contribution in [0.4, 0.5) is 0 Å². The van der Waals surface area contributed by atoms with E-state index in [2.05, 4.69) is 35.2 Å². The monoisotopic (exact) mass is 608 g/mol. The number of rotatable bonds is 8. The average Bonchev–Trinajstić information content (AvgIpc) is 3.69. The number of carbonyl (C=O) groups is 1. The quantitative estimate of drug-likeness (QED) is 0.204. The fourth-order valence-electron chi connectivity index (χ4n) is 7.19. The Hall–Kier alpha value is -4.18. The summed E-state index contributed by atoms with van der Waals surface area (Å²) in [4.78, 5) is 15.0. The highest BCUT2D eigenvalue weighted by Crippen LogP contribution is 2.40. The second kappa shape index (κ2) is 12.7. The number of para-hydroxylation sites is 1. The van der Waals surface area contributed by atoms with Gasteiger partial charge in [-0.25, -0.2) is 4.79 Å². The zero-order valence-corrected chi connectivity index (χ0v) is 25.7. The van der Waals surface area contributed by atoms with Gasteiger partial charge in [0.2, 0.25) is 0 Å². The van der Waals surface area contributed by atoms with Crippen LogP contribution in [-0.4, -0.2) is 61.4 Å². The van der Waals surface area contributed by atoms with E-state index in [-0.39, 0.29) is 0 Å². The molecular weight excluding hydrogens is 568 g/mol. The summed E-state index contributed by atoms with van der Waals surface area (Å²) in [6.45, 7) is 3.41. The number of aliphatic hydroxyl groups is 1. The first-order valence-electron chi connectivity index (χ1n) is 16.0. The van der Waals surface area contributed by atoms with Crippen molar-refractivity contribution in [3.05, 3.63) is 83.3 Å². The molecule has 9 heteroatoms. The average molecular weight is 609 g/mol. The number of aromatic nitrogens is 3. The highest BCUT2D eigenvalue weighted by molar-refractivity contribution is 6.04. The largest absolute Gasteiger partial charge is 0.493 e. The lowest BCUT2D eigenvalue weighted by Crippen LogP contribution is -2.28. The van der Waals surface area contributed by atoms with Crippen molar-refractivity contribution in [2.45, 2.75) is 64.4 Å². The first-order valence-corrected chi connectivity index (χ1v) is 16.0. The summed E-state index contributed by atoms with van der Waals surface area (Å²) in [6.07, 6.45) is 4.12. The van der Waals surface area contributed by atoms with E-state index in [4.69, 9.17) is 14.6 Å². The minimum Gasteiger partial charge on any atom is -0.493 e. The number of hydrogen-bond donors (Lipinski definition) is 2. The second-order valence-corrected chi connectivity index (χ2v) is 12.2. The molecule has 45 heavy (non-hydrogen) atoms. The third kappa shape index (κ3) is 5.60. The number of likely N-dealkylation sites (tertiary alicyclic amines) is 1. The predicted molar refractivity (Wildman–Crippen MR) is 173 cm³/mol. The van der Waals surface area contributed by atoms with Crippen LogP contribution < -0.4 is 4.74 Å². The molecule has 3 aromatic carbocycles. The summed E-state index contributed by atoms with van der Waals surface area (Å²) < 4.78 is 16.3. The highest BCUT2D eigenvalue weighted by atomic mass is 16.5. The summed E-state index contributed by atoms with van der Waals surface area (Å²) in [6, 6.07) is 20.4. The number of hydrogen-bond acceptors (Lipinski definition) is 6. The van der Waals surface area contributed by atoms with Gasteiger partial charge in [0.25, 0.3) is 0 Å². The third-order valence-electron chi connectivity index (χ3n) is 9.32. The molecule has 0 saturated carbocycles. The molecule has 1 saturated heterocycles. The molecule has 1 fully saturated rings. The van der Waals surface area contributed by atoms with Crippen molar-refractivity contribution in [2.75, 3.05) is 19.8 Å². The maximum Gasteiger partial charge on any atom is 0.352 e. The molecule has 0 spiro atoms. The molecule has 9 nitrogen and oxygen atoms in total. The van der Waals surface area contributed by atoms with Gasteiger partial charge in [-0.15, -0.1) is 0 Å². The van der Waals surface area contributed by atoms with Crippen LogP contribution in [0.2, 0.25) is 0 Å². The van der Waals surface area contributed by atoms with Gasteiger partial charge in [0, 0.05) is 55.2 Å². The molecule has 2 N–H and O–H groups in total. The van der Waals surface area contributed by atoms with E-state index >= 15 is 0 Å². The molecule has 5 aromatic rings. The lowest BCUT2D eigenvalue weighted by Gasteiger charge is -2.19. The van der Waals surface area contributed by atoms with Crippen molar-refractivity contribution in [3.8, 4) is 16.9 Å². The molecule has 2 aromatic heterocycles. The van der Waals surface area contributed by atoms with Gasteiger partial charge in [-0.3, -0.25) is 9.58 Å². The molecule has 0 radical (unpaired) electrons. The molecular formula is C36H40N4O5. The Morgan fingerprint density at radius 3 is 2.69 bits per heavy atom. The minimum atomic E-state index is -0.917. The first-order chi connectivity index (χ1) is 22.0. The van der Waals surface area contributed by atoms with Gasteiger partial charge in [0.1, 0.15) is 17.7 Å². The Bertz CT molecular complexity index is 1850. The predicted octanol–water partition coefficient (Wildman–Crippen LogP) is 6.13. The van der Waals surface area contributed by atoms with E-state index in [9.17, 15) is 15.0 Å². The van der Waals surface area contributed by atoms with Crippen molar-refractivity contribution < 1.29 is 24.5 Å². The fourth-order valence-corrected chi connectivity index (χ4v) is 7.19. The number of nitrogens with zero attached hydrogens (tertiary/aromatic N) is 4. The Morgan fingerprint density at radius 2 is 1.84 bits per heavy atom. The SMILES string of the molecule is Cn1nc(CN2CCCC2O)c2c1COCCCCn1c(C(=O)O)c(CCCOc3cccc4ccccc34)c3cccc-2c31. The fraction of sp³-hybridized carbons (Fsp3) is 0.389. The molecule has 1 atom stereocenters. The van der Waals surface area contributed by atoms with E-state index in [1.54, 1.807) is 0 Å². The van der Waals surface area contributed by atoms with E-state index < -0.39 is 12.2 Å². The molecule has 1 unspecified atom stereocenters. The van der Waals surface area contributed by atoms with Crippen LogP contribution in [-0.2, 0) is 37.9 Å². The number of benzene rings is 3. The summed E-state index contributed by atoms with van der Waals surface area (Å²) in [7, 11) is 1.94. The number of carboxylic acid groups (broad SMARTS) is 1. The Morgan fingerprint density at radius 1 is 1.02 bits per heavy atom. The molecule has 234 valence electrons. The van der Waals surface area contributed by atoms with Crippen LogP contribution in [0, 0.1) is 0 Å². The number of fused-ring (bicyclic) bond motifs is 3. The van der Waals surface area contributed by atoms with Gasteiger partial charge >= 0.3 is 5.97 Å². The maximum absolute atomic E-state index is 13.0. The van der Waals surface area contributed by atoms with Gasteiger partial charge in [-0.2, -0.15) is 5.10 Å². The van der Waals surface area contributed by atoms with E-state index in [0.29, 0.717) is 51.4 Å². The molecule has 0 aliphatic carbocycles. The van der Waals surface area contributed by atoms with Crippen LogP contribution in [0.25, 0.3) is 32.8 Å². The Kier molecular flexibility index (Phi) is 8.31. The van der Waals surface area contributed by atoms with Crippen LogP contribution in [0.1, 0.15) is 59.5 Å². The summed E-state index contributed by atoms with van der Waals surface area (Å²) in [5.41, 5.74) is 5.90. The van der Waals surface area contributed by atoms with Crippen LogP contribution in [0.15, 0.2) is 60.7 Å². The van der Waals surface area contributed by atoms with Crippen LogP contribution in [0.3, 0.4) is 0 Å². The lowest BCUT2D eigenvalue weighted by atomic mass is 9.97. The van der Waals surface area contributed by atoms with Gasteiger partial charge < -0.3 is 24.3 Å². The van der Waals surface area contributed by atoms with Gasteiger partial charge in [-0.05, 0) is 55.5 Å². The van der Waals surface area contributed by atoms with Crippen LogP contribution >= 0.6 is 0 Å². The van der Waals surface area contributed by atoms with E-state index in [0.717, 1.165) is 87.7 Å². The molecule has 4 heterocycles. The normalized spacial score (nSPS) is 17.4. The topological polar surface area (TPSA) is 102 Å². The number of aliphatic hydroxyl groups excluding tert-OH is 1. The smallest absolute Gasteiger partial charge is 0.352 e. The van der Waals surface area contributed by atoms with Crippen molar-refractivity contribution in [2.24, 2.45) is 7.05 Å². The van der Waals surface area contributed by atoms with Crippen molar-refractivity contribution in [1.82, 2.24) is 19.2 Å². The van der Waals surface area contributed by atoms with Crippen molar-refractivity contribution >= 4 is 27.6 Å². The zero-order chi connectivity index (χ0) is 30.9. The number of carboxylic acids is 1. The number of aromatic carboxylic acids is 1.